The van der Waals surface area contributed by atoms with Crippen molar-refractivity contribution in [1.29, 1.82) is 0 Å². The Bertz CT molecular complexity index is 637. The molecule has 4 nitrogen and oxygen atoms in total. The Balaban J connectivity index is 1.80. The number of para-hydroxylation sites is 1. The standard InChI is InChI=1S/C15H17NO3S/c16-20(17,18)15-10-8-13(9-11-15)5-4-12-19-14-6-2-1-3-7-14/h1-3,6-11H,4-5,12H2,(H2,16,17,18). The molecule has 0 saturated carbocycles. The second kappa shape index (κ2) is 6.54. The van der Waals surface area contributed by atoms with E-state index in [4.69, 9.17) is 9.88 Å². The number of hydrogen-bond donors (Lipinski definition) is 1. The molecule has 2 aromatic carbocycles. The van der Waals surface area contributed by atoms with Crippen LogP contribution in [0.4, 0.5) is 0 Å². The Labute approximate surface area is 119 Å². The van der Waals surface area contributed by atoms with Gasteiger partial charge in [0.25, 0.3) is 0 Å². The van der Waals surface area contributed by atoms with Gasteiger partial charge >= 0.3 is 0 Å². The first-order chi connectivity index (χ1) is 9.55. The maximum Gasteiger partial charge on any atom is 0.238 e. The van der Waals surface area contributed by atoms with Gasteiger partial charge in [0.2, 0.25) is 10.0 Å². The molecule has 0 saturated heterocycles. The summed E-state index contributed by atoms with van der Waals surface area (Å²) in [7, 11) is -3.61. The minimum absolute atomic E-state index is 0.141. The highest BCUT2D eigenvalue weighted by Crippen LogP contribution is 2.12. The van der Waals surface area contributed by atoms with E-state index < -0.39 is 10.0 Å². The first-order valence-electron chi connectivity index (χ1n) is 6.35. The van der Waals surface area contributed by atoms with Crippen LogP contribution in [-0.2, 0) is 16.4 Å². The zero-order valence-corrected chi connectivity index (χ0v) is 11.8. The summed E-state index contributed by atoms with van der Waals surface area (Å²) in [5.41, 5.74) is 1.06. The van der Waals surface area contributed by atoms with Crippen molar-refractivity contribution >= 4 is 10.0 Å². The van der Waals surface area contributed by atoms with E-state index in [0.717, 1.165) is 24.2 Å². The average molecular weight is 291 g/mol. The lowest BCUT2D eigenvalue weighted by Gasteiger charge is -2.06. The maximum absolute atomic E-state index is 11.1. The summed E-state index contributed by atoms with van der Waals surface area (Å²) in [4.78, 5) is 0.141. The number of aryl methyl sites for hydroxylation is 1. The fourth-order valence-electron chi connectivity index (χ4n) is 1.83. The molecule has 0 amide bonds. The van der Waals surface area contributed by atoms with Gasteiger partial charge in [-0.15, -0.1) is 0 Å². The highest BCUT2D eigenvalue weighted by atomic mass is 32.2. The Morgan fingerprint density at radius 1 is 0.950 bits per heavy atom. The molecular formula is C15H17NO3S. The molecule has 2 aromatic rings. The van der Waals surface area contributed by atoms with E-state index in [0.29, 0.717) is 6.61 Å². The fraction of sp³-hybridized carbons (Fsp3) is 0.200. The van der Waals surface area contributed by atoms with Gasteiger partial charge in [-0.25, -0.2) is 13.6 Å². The lowest BCUT2D eigenvalue weighted by Crippen LogP contribution is -2.11. The van der Waals surface area contributed by atoms with Gasteiger partial charge in [-0.05, 0) is 42.7 Å². The molecule has 106 valence electrons. The highest BCUT2D eigenvalue weighted by molar-refractivity contribution is 7.89. The van der Waals surface area contributed by atoms with Gasteiger partial charge in [0.15, 0.2) is 0 Å². The van der Waals surface area contributed by atoms with Crippen molar-refractivity contribution in [2.75, 3.05) is 6.61 Å². The zero-order valence-electron chi connectivity index (χ0n) is 11.0. The quantitative estimate of drug-likeness (QED) is 0.831. The smallest absolute Gasteiger partial charge is 0.238 e. The van der Waals surface area contributed by atoms with E-state index >= 15 is 0 Å². The first-order valence-corrected chi connectivity index (χ1v) is 7.90. The van der Waals surface area contributed by atoms with Crippen LogP contribution < -0.4 is 9.88 Å². The molecule has 0 aliphatic rings. The molecule has 0 unspecified atom stereocenters. The molecule has 0 fully saturated rings. The fourth-order valence-corrected chi connectivity index (χ4v) is 2.34. The molecule has 0 aliphatic heterocycles. The van der Waals surface area contributed by atoms with Crippen LogP contribution in [0.1, 0.15) is 12.0 Å². The predicted octanol–water partition coefficient (Wildman–Crippen LogP) is 2.35. The first kappa shape index (κ1) is 14.6. The number of benzene rings is 2. The van der Waals surface area contributed by atoms with E-state index in [1.165, 1.54) is 12.1 Å². The van der Waals surface area contributed by atoms with Crippen LogP contribution in [0.5, 0.6) is 5.75 Å². The van der Waals surface area contributed by atoms with Crippen LogP contribution in [0.15, 0.2) is 59.5 Å². The monoisotopic (exact) mass is 291 g/mol. The van der Waals surface area contributed by atoms with E-state index in [1.54, 1.807) is 12.1 Å². The Kier molecular flexibility index (Phi) is 4.76. The van der Waals surface area contributed by atoms with Gasteiger partial charge in [0.05, 0.1) is 11.5 Å². The summed E-state index contributed by atoms with van der Waals surface area (Å²) in [6.07, 6.45) is 1.70. The van der Waals surface area contributed by atoms with Crippen LogP contribution in [0.3, 0.4) is 0 Å². The van der Waals surface area contributed by atoms with Crippen molar-refractivity contribution < 1.29 is 13.2 Å². The van der Waals surface area contributed by atoms with Crippen molar-refractivity contribution in [2.45, 2.75) is 17.7 Å². The van der Waals surface area contributed by atoms with Crippen LogP contribution in [-0.4, -0.2) is 15.0 Å². The second-order valence-electron chi connectivity index (χ2n) is 4.45. The number of ether oxygens (including phenoxy) is 1. The third kappa shape index (κ3) is 4.36. The summed E-state index contributed by atoms with van der Waals surface area (Å²) in [5, 5.41) is 5.05. The largest absolute Gasteiger partial charge is 0.494 e. The summed E-state index contributed by atoms with van der Waals surface area (Å²) >= 11 is 0. The van der Waals surface area contributed by atoms with E-state index in [-0.39, 0.29) is 4.90 Å². The molecule has 0 heterocycles. The van der Waals surface area contributed by atoms with Crippen molar-refractivity contribution in [3.63, 3.8) is 0 Å². The Morgan fingerprint density at radius 3 is 2.20 bits per heavy atom. The number of nitrogens with two attached hydrogens (primary N) is 1. The normalized spacial score (nSPS) is 11.2. The minimum atomic E-state index is -3.61. The van der Waals surface area contributed by atoms with Crippen LogP contribution in [0.25, 0.3) is 0 Å². The van der Waals surface area contributed by atoms with Crippen molar-refractivity contribution in [3.8, 4) is 5.75 Å². The number of sulfonamides is 1. The summed E-state index contributed by atoms with van der Waals surface area (Å²) in [6.45, 7) is 0.626. The molecule has 0 atom stereocenters. The summed E-state index contributed by atoms with van der Waals surface area (Å²) < 4.78 is 27.8. The highest BCUT2D eigenvalue weighted by Gasteiger charge is 2.06. The second-order valence-corrected chi connectivity index (χ2v) is 6.02. The zero-order chi connectivity index (χ0) is 14.4. The lowest BCUT2D eigenvalue weighted by atomic mass is 10.1. The summed E-state index contributed by atoms with van der Waals surface area (Å²) in [6, 6.07) is 16.3. The molecule has 0 radical (unpaired) electrons. The number of hydrogen-bond acceptors (Lipinski definition) is 3. The summed E-state index contributed by atoms with van der Waals surface area (Å²) in [5.74, 6) is 0.858. The van der Waals surface area contributed by atoms with Crippen LogP contribution in [0.2, 0.25) is 0 Å². The van der Waals surface area contributed by atoms with E-state index in [1.807, 2.05) is 30.3 Å². The molecule has 2 rings (SSSR count). The molecule has 20 heavy (non-hydrogen) atoms. The SMILES string of the molecule is NS(=O)(=O)c1ccc(CCCOc2ccccc2)cc1. The lowest BCUT2D eigenvalue weighted by molar-refractivity contribution is 0.311. The van der Waals surface area contributed by atoms with E-state index in [9.17, 15) is 8.42 Å². The van der Waals surface area contributed by atoms with Gasteiger partial charge in [0.1, 0.15) is 5.75 Å². The molecule has 0 aliphatic carbocycles. The van der Waals surface area contributed by atoms with Crippen LogP contribution >= 0.6 is 0 Å². The average Bonchev–Trinajstić information content (AvgIpc) is 2.44. The minimum Gasteiger partial charge on any atom is -0.494 e. The van der Waals surface area contributed by atoms with Gasteiger partial charge in [0, 0.05) is 0 Å². The predicted molar refractivity (Wildman–Crippen MR) is 78.1 cm³/mol. The topological polar surface area (TPSA) is 69.4 Å². The molecule has 5 heteroatoms. The van der Waals surface area contributed by atoms with Crippen molar-refractivity contribution in [2.24, 2.45) is 5.14 Å². The molecule has 0 spiro atoms. The molecule has 0 aromatic heterocycles. The Hall–Kier alpha value is -1.85. The van der Waals surface area contributed by atoms with Gasteiger partial charge < -0.3 is 4.74 Å². The third-order valence-electron chi connectivity index (χ3n) is 2.87. The van der Waals surface area contributed by atoms with Gasteiger partial charge in [-0.1, -0.05) is 30.3 Å². The van der Waals surface area contributed by atoms with Crippen molar-refractivity contribution in [1.82, 2.24) is 0 Å². The molecule has 2 N–H and O–H groups in total. The van der Waals surface area contributed by atoms with Crippen LogP contribution in [0, 0.1) is 0 Å². The molecular weight excluding hydrogens is 274 g/mol. The number of primary sulfonamides is 1. The maximum atomic E-state index is 11.1. The molecule has 0 bridgehead atoms. The van der Waals surface area contributed by atoms with Crippen molar-refractivity contribution in [3.05, 3.63) is 60.2 Å². The Morgan fingerprint density at radius 2 is 1.60 bits per heavy atom. The van der Waals surface area contributed by atoms with E-state index in [2.05, 4.69) is 0 Å². The number of rotatable bonds is 6. The van der Waals surface area contributed by atoms with Gasteiger partial charge in [-0.2, -0.15) is 0 Å². The van der Waals surface area contributed by atoms with Gasteiger partial charge in [-0.3, -0.25) is 0 Å². The third-order valence-corrected chi connectivity index (χ3v) is 3.80.